The summed E-state index contributed by atoms with van der Waals surface area (Å²) in [5.41, 5.74) is 1.81. The Bertz CT molecular complexity index is 1250. The van der Waals surface area contributed by atoms with E-state index in [1.165, 1.54) is 11.8 Å². The number of benzene rings is 3. The maximum atomic E-state index is 12.5. The summed E-state index contributed by atoms with van der Waals surface area (Å²) in [6.07, 6.45) is 0. The van der Waals surface area contributed by atoms with Gasteiger partial charge in [0.05, 0.1) is 26.5 Å². The molecule has 0 aliphatic rings. The van der Waals surface area contributed by atoms with Crippen LogP contribution in [0.15, 0.2) is 84.0 Å². The van der Waals surface area contributed by atoms with Crippen LogP contribution in [0.5, 0.6) is 17.2 Å². The number of carbonyl (C=O) groups is 1. The number of hydrogen-bond donors (Lipinski definition) is 1. The van der Waals surface area contributed by atoms with Gasteiger partial charge in [0.2, 0.25) is 5.91 Å². The van der Waals surface area contributed by atoms with E-state index >= 15 is 0 Å². The number of nitrogens with zero attached hydrogens (tertiary/aromatic N) is 3. The van der Waals surface area contributed by atoms with Crippen molar-refractivity contribution in [2.75, 3.05) is 33.1 Å². The number of methoxy groups -OCH3 is 2. The topological polar surface area (TPSA) is 87.5 Å². The van der Waals surface area contributed by atoms with Gasteiger partial charge in [-0.1, -0.05) is 42.1 Å². The van der Waals surface area contributed by atoms with Gasteiger partial charge in [0.15, 0.2) is 22.5 Å². The number of para-hydroxylation sites is 3. The van der Waals surface area contributed by atoms with Crippen LogP contribution >= 0.6 is 11.8 Å². The molecule has 1 N–H and O–H groups in total. The van der Waals surface area contributed by atoms with Gasteiger partial charge < -0.3 is 19.5 Å². The molecular weight excluding hydrogens is 464 g/mol. The van der Waals surface area contributed by atoms with Crippen molar-refractivity contribution in [2.24, 2.45) is 0 Å². The van der Waals surface area contributed by atoms with Crippen molar-refractivity contribution in [2.45, 2.75) is 5.16 Å². The Labute approximate surface area is 208 Å². The standard InChI is InChI=1S/C26H26N4O4S/c1-32-21-14-12-19(13-15-21)25-28-29-26(30(25)20-8-4-3-5-9-20)35-18-24(31)27-16-17-34-23-11-7-6-10-22(23)33-2/h3-15H,16-18H2,1-2H3,(H,27,31). The molecule has 1 heterocycles. The van der Waals surface area contributed by atoms with Crippen LogP contribution in [0.25, 0.3) is 17.1 Å². The molecular formula is C26H26N4O4S. The predicted octanol–water partition coefficient (Wildman–Crippen LogP) is 4.24. The van der Waals surface area contributed by atoms with Crippen molar-refractivity contribution in [1.82, 2.24) is 20.1 Å². The lowest BCUT2D eigenvalue weighted by atomic mass is 10.2. The first-order valence-electron chi connectivity index (χ1n) is 11.0. The van der Waals surface area contributed by atoms with E-state index in [9.17, 15) is 4.79 Å². The molecule has 0 bridgehead atoms. The highest BCUT2D eigenvalue weighted by Crippen LogP contribution is 2.29. The molecule has 1 amide bonds. The molecule has 0 saturated heterocycles. The van der Waals surface area contributed by atoms with Gasteiger partial charge in [-0.15, -0.1) is 10.2 Å². The third kappa shape index (κ3) is 6.13. The summed E-state index contributed by atoms with van der Waals surface area (Å²) >= 11 is 1.33. The molecule has 35 heavy (non-hydrogen) atoms. The van der Waals surface area contributed by atoms with Gasteiger partial charge in [-0.3, -0.25) is 9.36 Å². The van der Waals surface area contributed by atoms with Crippen LogP contribution in [0.3, 0.4) is 0 Å². The van der Waals surface area contributed by atoms with Crippen molar-refractivity contribution >= 4 is 17.7 Å². The van der Waals surface area contributed by atoms with E-state index in [4.69, 9.17) is 14.2 Å². The molecule has 9 heteroatoms. The van der Waals surface area contributed by atoms with Crippen LogP contribution in [-0.2, 0) is 4.79 Å². The molecule has 4 aromatic rings. The number of hydrogen-bond acceptors (Lipinski definition) is 7. The van der Waals surface area contributed by atoms with Crippen LogP contribution in [0, 0.1) is 0 Å². The molecule has 4 rings (SSSR count). The highest BCUT2D eigenvalue weighted by Gasteiger charge is 2.17. The summed E-state index contributed by atoms with van der Waals surface area (Å²) < 4.78 is 18.2. The third-order valence-electron chi connectivity index (χ3n) is 5.08. The molecule has 0 fully saturated rings. The highest BCUT2D eigenvalue weighted by molar-refractivity contribution is 7.99. The van der Waals surface area contributed by atoms with Crippen molar-refractivity contribution in [3.8, 4) is 34.3 Å². The second kappa shape index (κ2) is 11.9. The summed E-state index contributed by atoms with van der Waals surface area (Å²) in [4.78, 5) is 12.5. The monoisotopic (exact) mass is 490 g/mol. The van der Waals surface area contributed by atoms with Crippen LogP contribution in [0.1, 0.15) is 0 Å². The Balaban J connectivity index is 1.39. The molecule has 0 saturated carbocycles. The van der Waals surface area contributed by atoms with Crippen molar-refractivity contribution in [3.63, 3.8) is 0 Å². The fourth-order valence-corrected chi connectivity index (χ4v) is 4.15. The van der Waals surface area contributed by atoms with E-state index in [1.54, 1.807) is 14.2 Å². The summed E-state index contributed by atoms with van der Waals surface area (Å²) in [6, 6.07) is 24.9. The van der Waals surface area contributed by atoms with Crippen LogP contribution < -0.4 is 19.5 Å². The zero-order chi connectivity index (χ0) is 24.5. The first kappa shape index (κ1) is 24.2. The van der Waals surface area contributed by atoms with Gasteiger partial charge in [-0.25, -0.2) is 0 Å². The minimum absolute atomic E-state index is 0.118. The number of carbonyl (C=O) groups excluding carboxylic acids is 1. The Morgan fingerprint density at radius 3 is 2.31 bits per heavy atom. The largest absolute Gasteiger partial charge is 0.497 e. The Hall–Kier alpha value is -3.98. The lowest BCUT2D eigenvalue weighted by Crippen LogP contribution is -2.29. The maximum absolute atomic E-state index is 12.5. The second-order valence-corrected chi connectivity index (χ2v) is 8.29. The number of ether oxygens (including phenoxy) is 3. The zero-order valence-electron chi connectivity index (χ0n) is 19.5. The number of nitrogens with one attached hydrogen (secondary N) is 1. The average molecular weight is 491 g/mol. The minimum atomic E-state index is -0.118. The summed E-state index contributed by atoms with van der Waals surface area (Å²) in [5, 5.41) is 12.3. The lowest BCUT2D eigenvalue weighted by molar-refractivity contribution is -0.118. The SMILES string of the molecule is COc1ccc(-c2nnc(SCC(=O)NCCOc3ccccc3OC)n2-c2ccccc2)cc1. The highest BCUT2D eigenvalue weighted by atomic mass is 32.2. The molecule has 8 nitrogen and oxygen atoms in total. The Morgan fingerprint density at radius 2 is 1.60 bits per heavy atom. The van der Waals surface area contributed by atoms with Gasteiger partial charge in [-0.2, -0.15) is 0 Å². The Morgan fingerprint density at radius 1 is 0.886 bits per heavy atom. The molecule has 0 unspecified atom stereocenters. The van der Waals surface area contributed by atoms with E-state index in [0.29, 0.717) is 35.6 Å². The molecule has 0 atom stereocenters. The van der Waals surface area contributed by atoms with E-state index in [-0.39, 0.29) is 11.7 Å². The van der Waals surface area contributed by atoms with Crippen LogP contribution in [0.4, 0.5) is 0 Å². The number of rotatable bonds is 11. The first-order chi connectivity index (χ1) is 17.2. The Kier molecular flexibility index (Phi) is 8.24. The summed E-state index contributed by atoms with van der Waals surface area (Å²) in [5.74, 6) is 2.82. The molecule has 3 aromatic carbocycles. The number of thioether (sulfide) groups is 1. The van der Waals surface area contributed by atoms with Gasteiger partial charge in [0.25, 0.3) is 0 Å². The maximum Gasteiger partial charge on any atom is 0.230 e. The molecule has 1 aromatic heterocycles. The van der Waals surface area contributed by atoms with E-state index in [1.807, 2.05) is 83.4 Å². The van der Waals surface area contributed by atoms with Crippen molar-refractivity contribution in [1.29, 1.82) is 0 Å². The third-order valence-corrected chi connectivity index (χ3v) is 6.01. The smallest absolute Gasteiger partial charge is 0.230 e. The molecule has 0 aliphatic carbocycles. The second-order valence-electron chi connectivity index (χ2n) is 7.34. The first-order valence-corrected chi connectivity index (χ1v) is 12.0. The average Bonchev–Trinajstić information content (AvgIpc) is 3.34. The number of aromatic nitrogens is 3. The fraction of sp³-hybridized carbons (Fsp3) is 0.192. The molecule has 0 spiro atoms. The van der Waals surface area contributed by atoms with E-state index in [0.717, 1.165) is 17.0 Å². The fourth-order valence-electron chi connectivity index (χ4n) is 3.37. The molecule has 180 valence electrons. The zero-order valence-corrected chi connectivity index (χ0v) is 20.3. The quantitative estimate of drug-likeness (QED) is 0.249. The predicted molar refractivity (Wildman–Crippen MR) is 136 cm³/mol. The van der Waals surface area contributed by atoms with E-state index < -0.39 is 0 Å². The van der Waals surface area contributed by atoms with Gasteiger partial charge in [0.1, 0.15) is 12.4 Å². The molecule has 0 aliphatic heterocycles. The molecule has 0 radical (unpaired) electrons. The summed E-state index contributed by atoms with van der Waals surface area (Å²) in [7, 11) is 3.22. The van der Waals surface area contributed by atoms with Gasteiger partial charge >= 0.3 is 0 Å². The van der Waals surface area contributed by atoms with Crippen molar-refractivity contribution in [3.05, 3.63) is 78.9 Å². The van der Waals surface area contributed by atoms with Gasteiger partial charge in [0, 0.05) is 11.3 Å². The number of amides is 1. The summed E-state index contributed by atoms with van der Waals surface area (Å²) in [6.45, 7) is 0.707. The van der Waals surface area contributed by atoms with Crippen molar-refractivity contribution < 1.29 is 19.0 Å². The lowest BCUT2D eigenvalue weighted by Gasteiger charge is -2.12. The normalized spacial score (nSPS) is 10.6. The van der Waals surface area contributed by atoms with Crippen LogP contribution in [-0.4, -0.2) is 53.8 Å². The van der Waals surface area contributed by atoms with Crippen LogP contribution in [0.2, 0.25) is 0 Å². The van der Waals surface area contributed by atoms with E-state index in [2.05, 4.69) is 15.5 Å². The minimum Gasteiger partial charge on any atom is -0.497 e. The van der Waals surface area contributed by atoms with Gasteiger partial charge in [-0.05, 0) is 48.5 Å².